The van der Waals surface area contributed by atoms with Gasteiger partial charge in [0.2, 0.25) is 5.95 Å². The third kappa shape index (κ3) is 6.92. The van der Waals surface area contributed by atoms with Crippen LogP contribution in [0.4, 0.5) is 0 Å². The lowest BCUT2D eigenvalue weighted by molar-refractivity contribution is 1.01. The monoisotopic (exact) mass is 1070 g/mol. The van der Waals surface area contributed by atoms with Gasteiger partial charge in [-0.3, -0.25) is 4.57 Å². The second-order valence-corrected chi connectivity index (χ2v) is 22.1. The molecule has 0 spiro atoms. The van der Waals surface area contributed by atoms with E-state index in [4.69, 9.17) is 9.97 Å². The highest BCUT2D eigenvalue weighted by Crippen LogP contribution is 2.42. The van der Waals surface area contributed by atoms with Crippen molar-refractivity contribution in [2.45, 2.75) is 0 Å². The number of para-hydroxylation sites is 6. The van der Waals surface area contributed by atoms with Crippen molar-refractivity contribution in [3.8, 4) is 56.5 Å². The van der Waals surface area contributed by atoms with E-state index in [0.717, 1.165) is 105 Å². The van der Waals surface area contributed by atoms with Crippen molar-refractivity contribution in [2.75, 3.05) is 0 Å². The summed E-state index contributed by atoms with van der Waals surface area (Å²) in [6.45, 7) is 0. The number of hydrogen-bond donors (Lipinski definition) is 0. The lowest BCUT2D eigenvalue weighted by atomic mass is 10.0. The van der Waals surface area contributed by atoms with Gasteiger partial charge in [0, 0.05) is 76.5 Å². The van der Waals surface area contributed by atoms with E-state index in [1.165, 1.54) is 54.4 Å². The Balaban J connectivity index is 0.823. The largest absolute Gasteiger partial charge is 0.309 e. The molecule has 0 amide bonds. The lowest BCUT2D eigenvalue weighted by Crippen LogP contribution is -2.04. The van der Waals surface area contributed by atoms with E-state index in [1.54, 1.807) is 0 Å². The zero-order chi connectivity index (χ0) is 55.0. The molecule has 0 aliphatic rings. The van der Waals surface area contributed by atoms with Crippen LogP contribution < -0.4 is 0 Å². The minimum atomic E-state index is 0.618. The Labute approximate surface area is 482 Å². The van der Waals surface area contributed by atoms with E-state index in [2.05, 4.69) is 309 Å². The van der Waals surface area contributed by atoms with Crippen molar-refractivity contribution in [1.82, 2.24) is 28.2 Å². The predicted molar refractivity (Wildman–Crippen MR) is 351 cm³/mol. The van der Waals surface area contributed by atoms with Gasteiger partial charge in [0.05, 0.1) is 55.3 Å². The molecule has 0 aliphatic heterocycles. The van der Waals surface area contributed by atoms with Crippen molar-refractivity contribution in [2.24, 2.45) is 0 Å². The molecule has 0 unspecified atom stereocenters. The summed E-state index contributed by atoms with van der Waals surface area (Å²) in [4.78, 5) is 11.4. The molecule has 5 heterocycles. The Bertz CT molecular complexity index is 5740. The van der Waals surface area contributed by atoms with E-state index in [9.17, 15) is 0 Å². The van der Waals surface area contributed by atoms with Crippen molar-refractivity contribution >= 4 is 109 Å². The Morgan fingerprint density at radius 3 is 1.04 bits per heavy atom. The molecular weight excluding hydrogens is 1020 g/mol. The first-order valence-corrected chi connectivity index (χ1v) is 28.7. The molecule has 0 atom stereocenters. The summed E-state index contributed by atoms with van der Waals surface area (Å²) in [5.41, 5.74) is 19.8. The van der Waals surface area contributed by atoms with Crippen LogP contribution in [0.5, 0.6) is 0 Å². The molecule has 6 nitrogen and oxygen atoms in total. The molecule has 0 bridgehead atoms. The van der Waals surface area contributed by atoms with Crippen LogP contribution in [0.2, 0.25) is 0 Å². The molecule has 0 saturated heterocycles. The van der Waals surface area contributed by atoms with Crippen LogP contribution in [0.25, 0.3) is 165 Å². The topological polar surface area (TPSA) is 45.5 Å². The van der Waals surface area contributed by atoms with Crippen LogP contribution in [-0.4, -0.2) is 28.2 Å². The van der Waals surface area contributed by atoms with Crippen LogP contribution in [0.3, 0.4) is 0 Å². The molecule has 13 aromatic carbocycles. The highest BCUT2D eigenvalue weighted by Gasteiger charge is 2.22. The lowest BCUT2D eigenvalue weighted by Gasteiger charge is -2.15. The highest BCUT2D eigenvalue weighted by atomic mass is 15.2. The van der Waals surface area contributed by atoms with Crippen molar-refractivity contribution in [3.63, 3.8) is 0 Å². The maximum absolute atomic E-state index is 5.74. The number of benzene rings is 13. The van der Waals surface area contributed by atoms with Gasteiger partial charge in [-0.1, -0.05) is 200 Å². The third-order valence-corrected chi connectivity index (χ3v) is 17.5. The van der Waals surface area contributed by atoms with Gasteiger partial charge >= 0.3 is 0 Å². The summed E-state index contributed by atoms with van der Waals surface area (Å²) in [6, 6.07) is 106. The molecule has 18 aromatic rings. The minimum Gasteiger partial charge on any atom is -0.309 e. The van der Waals surface area contributed by atoms with Gasteiger partial charge in [0.25, 0.3) is 0 Å². The second-order valence-electron chi connectivity index (χ2n) is 22.1. The van der Waals surface area contributed by atoms with Crippen LogP contribution in [0, 0.1) is 0 Å². The number of hydrogen-bond acceptors (Lipinski definition) is 2. The highest BCUT2D eigenvalue weighted by molar-refractivity contribution is 6.15. The Hall–Kier alpha value is -11.3. The van der Waals surface area contributed by atoms with Gasteiger partial charge < -0.3 is 13.7 Å². The van der Waals surface area contributed by atoms with Crippen molar-refractivity contribution in [1.29, 1.82) is 0 Å². The molecule has 390 valence electrons. The molecule has 5 aromatic heterocycles. The summed E-state index contributed by atoms with van der Waals surface area (Å²) >= 11 is 0. The fourth-order valence-electron chi connectivity index (χ4n) is 13.8. The predicted octanol–water partition coefficient (Wildman–Crippen LogP) is 20.2. The summed E-state index contributed by atoms with van der Waals surface area (Å²) in [7, 11) is 0. The van der Waals surface area contributed by atoms with Gasteiger partial charge in [-0.2, -0.15) is 0 Å². The van der Waals surface area contributed by atoms with E-state index >= 15 is 0 Å². The summed E-state index contributed by atoms with van der Waals surface area (Å²) < 4.78 is 9.50. The van der Waals surface area contributed by atoms with Gasteiger partial charge in [0.15, 0.2) is 0 Å². The van der Waals surface area contributed by atoms with E-state index in [0.29, 0.717) is 5.95 Å². The zero-order valence-corrected chi connectivity index (χ0v) is 45.4. The molecular formula is C78H48N6. The number of aromatic nitrogens is 6. The fraction of sp³-hybridized carbons (Fsp3) is 0. The number of rotatable bonds is 7. The normalized spacial score (nSPS) is 12.0. The summed E-state index contributed by atoms with van der Waals surface area (Å²) in [5, 5.41) is 12.8. The molecule has 84 heavy (non-hydrogen) atoms. The zero-order valence-electron chi connectivity index (χ0n) is 45.4. The van der Waals surface area contributed by atoms with Gasteiger partial charge in [-0.05, 0) is 119 Å². The Morgan fingerprint density at radius 2 is 0.560 bits per heavy atom. The quantitative estimate of drug-likeness (QED) is 0.149. The average Bonchev–Trinajstić information content (AvgIpc) is 4.33. The van der Waals surface area contributed by atoms with Gasteiger partial charge in [-0.25, -0.2) is 9.97 Å². The molecule has 0 fully saturated rings. The van der Waals surface area contributed by atoms with Gasteiger partial charge in [0.1, 0.15) is 0 Å². The van der Waals surface area contributed by atoms with Gasteiger partial charge in [-0.15, -0.1) is 0 Å². The second kappa shape index (κ2) is 18.1. The first-order chi connectivity index (χ1) is 41.7. The van der Waals surface area contributed by atoms with E-state index in [-0.39, 0.29) is 0 Å². The third-order valence-electron chi connectivity index (χ3n) is 17.5. The Kier molecular flexibility index (Phi) is 9.99. The molecule has 18 rings (SSSR count). The van der Waals surface area contributed by atoms with Crippen molar-refractivity contribution in [3.05, 3.63) is 291 Å². The SMILES string of the molecule is c1ccc(-n2c3ccccc3c3ccc(-c4ccc5c6ccccc6n(-c6cccc(-c7nc(-n8c9ccccc9c9ccc(-c%10ccc%11c%12ccccc%12n(-c%12ccccc%12)c%11c%10)cc98)nc8c7ccc7ccccc78)c6)c5c4)cc32)cc1. The molecule has 0 radical (unpaired) electrons. The van der Waals surface area contributed by atoms with E-state index in [1.807, 2.05) is 0 Å². The number of nitrogens with zero attached hydrogens (tertiary/aromatic N) is 6. The average molecular weight is 1070 g/mol. The smallest absolute Gasteiger partial charge is 0.235 e. The molecule has 6 heteroatoms. The summed E-state index contributed by atoms with van der Waals surface area (Å²) in [5.74, 6) is 0.618. The van der Waals surface area contributed by atoms with Crippen LogP contribution in [0.1, 0.15) is 0 Å². The maximum Gasteiger partial charge on any atom is 0.235 e. The standard InChI is InChI=1S/C78H48N6/c1-3-20-55(21-4-1)81-68-30-13-9-26-59(68)63-39-35-50(45-72(63)81)52-37-41-65-61-28-11-15-32-70(61)83(74(65)47-52)57-24-17-19-54(44-57)76-67-43-34-49-18-7-8-25-58(49)77(67)80-78(79-76)84-71-33-16-12-29-62(71)66-42-38-53(48-75(66)84)51-36-40-64-60-27-10-14-31-69(60)82(73(64)46-51)56-22-5-2-6-23-56/h1-48H. The van der Waals surface area contributed by atoms with Crippen LogP contribution in [-0.2, 0) is 0 Å². The first-order valence-electron chi connectivity index (χ1n) is 28.7. The molecule has 0 N–H and O–H groups in total. The molecule has 0 aliphatic carbocycles. The Morgan fingerprint density at radius 1 is 0.202 bits per heavy atom. The first kappa shape index (κ1) is 46.4. The summed E-state index contributed by atoms with van der Waals surface area (Å²) in [6.07, 6.45) is 0. The molecule has 0 saturated carbocycles. The fourth-order valence-corrected chi connectivity index (χ4v) is 13.8. The number of fused-ring (bicyclic) bond motifs is 15. The van der Waals surface area contributed by atoms with Crippen molar-refractivity contribution < 1.29 is 0 Å². The maximum atomic E-state index is 5.74. The van der Waals surface area contributed by atoms with E-state index < -0.39 is 0 Å². The van der Waals surface area contributed by atoms with Crippen LogP contribution in [0.15, 0.2) is 291 Å². The minimum absolute atomic E-state index is 0.618. The van der Waals surface area contributed by atoms with Crippen LogP contribution >= 0.6 is 0 Å².